The lowest BCUT2D eigenvalue weighted by molar-refractivity contribution is -0.368. The van der Waals surface area contributed by atoms with E-state index in [4.69, 9.17) is 52.1 Å². The predicted octanol–water partition coefficient (Wildman–Crippen LogP) is 5.87. The van der Waals surface area contributed by atoms with Crippen molar-refractivity contribution in [1.29, 1.82) is 0 Å². The normalized spacial score (nSPS) is 26.2. The van der Waals surface area contributed by atoms with Gasteiger partial charge < -0.3 is 52.1 Å². The summed E-state index contributed by atoms with van der Waals surface area (Å²) in [5.74, 6) is -1.88. The van der Waals surface area contributed by atoms with Crippen molar-refractivity contribution in [3.8, 4) is 0 Å². The number of rotatable bonds is 20. The summed E-state index contributed by atoms with van der Waals surface area (Å²) in [6.45, 7) is 4.10. The molecule has 14 nitrogen and oxygen atoms in total. The predicted molar refractivity (Wildman–Crippen MR) is 218 cm³/mol. The highest BCUT2D eigenvalue weighted by Gasteiger charge is 2.56. The zero-order valence-corrected chi connectivity index (χ0v) is 34.8. The number of carbonyl (C=O) groups is 3. The first-order valence-electron chi connectivity index (χ1n) is 20.2. The van der Waals surface area contributed by atoms with Crippen LogP contribution in [0.15, 0.2) is 121 Å². The average molecular weight is 843 g/mol. The van der Waals surface area contributed by atoms with Gasteiger partial charge in [0.15, 0.2) is 24.8 Å². The van der Waals surface area contributed by atoms with Gasteiger partial charge in [-0.15, -0.1) is 0 Å². The molecular formula is C47H54O14. The summed E-state index contributed by atoms with van der Waals surface area (Å²) >= 11 is 0. The summed E-state index contributed by atoms with van der Waals surface area (Å²) in [6.07, 6.45) is -11.1. The van der Waals surface area contributed by atoms with Gasteiger partial charge in [-0.2, -0.15) is 0 Å². The number of esters is 3. The van der Waals surface area contributed by atoms with Crippen LogP contribution >= 0.6 is 0 Å². The van der Waals surface area contributed by atoms with Crippen molar-refractivity contribution in [1.82, 2.24) is 0 Å². The van der Waals surface area contributed by atoms with Gasteiger partial charge in [-0.3, -0.25) is 14.4 Å². The summed E-state index contributed by atoms with van der Waals surface area (Å²) < 4.78 is 69.2. The monoisotopic (exact) mass is 842 g/mol. The summed E-state index contributed by atoms with van der Waals surface area (Å²) in [6, 6.07) is 38.2. The molecule has 2 saturated heterocycles. The van der Waals surface area contributed by atoms with E-state index in [1.54, 1.807) is 0 Å². The van der Waals surface area contributed by atoms with Crippen LogP contribution in [0, 0.1) is 0 Å². The minimum atomic E-state index is -1.41. The third-order valence-corrected chi connectivity index (χ3v) is 10.0. The van der Waals surface area contributed by atoms with Gasteiger partial charge in [0, 0.05) is 27.9 Å². The Morgan fingerprint density at radius 1 is 0.459 bits per heavy atom. The van der Waals surface area contributed by atoms with Gasteiger partial charge in [0.1, 0.15) is 43.2 Å². The van der Waals surface area contributed by atoms with Crippen LogP contribution in [-0.4, -0.2) is 99.6 Å². The minimum absolute atomic E-state index is 0.00613. The van der Waals surface area contributed by atoms with Crippen LogP contribution in [-0.2, 0) is 92.9 Å². The van der Waals surface area contributed by atoms with E-state index in [1.807, 2.05) is 121 Å². The molecule has 0 unspecified atom stereocenters. The molecule has 0 amide bonds. The molecule has 326 valence electrons. The van der Waals surface area contributed by atoms with Gasteiger partial charge in [-0.05, 0) is 22.3 Å². The van der Waals surface area contributed by atoms with E-state index in [2.05, 4.69) is 0 Å². The topological polar surface area (TPSA) is 153 Å². The zero-order chi connectivity index (χ0) is 43.0. The molecule has 2 heterocycles. The van der Waals surface area contributed by atoms with Gasteiger partial charge in [-0.1, -0.05) is 121 Å². The van der Waals surface area contributed by atoms with Crippen LogP contribution in [0.5, 0.6) is 0 Å². The molecule has 6 rings (SSSR count). The second-order valence-electron chi connectivity index (χ2n) is 14.7. The molecule has 0 radical (unpaired) electrons. The first kappa shape index (κ1) is 45.5. The third-order valence-electron chi connectivity index (χ3n) is 10.0. The Morgan fingerprint density at radius 3 is 1.36 bits per heavy atom. The molecule has 61 heavy (non-hydrogen) atoms. The fourth-order valence-corrected chi connectivity index (χ4v) is 7.22. The fourth-order valence-electron chi connectivity index (χ4n) is 7.22. The average Bonchev–Trinajstić information content (AvgIpc) is 3.26. The molecule has 0 aliphatic carbocycles. The highest BCUT2D eigenvalue weighted by atomic mass is 16.8. The number of carbonyl (C=O) groups excluding carboxylic acids is 3. The van der Waals surface area contributed by atoms with Crippen LogP contribution in [0.4, 0.5) is 0 Å². The van der Waals surface area contributed by atoms with Gasteiger partial charge in [0.25, 0.3) is 0 Å². The Labute approximate surface area is 356 Å². The van der Waals surface area contributed by atoms with E-state index in [0.717, 1.165) is 22.3 Å². The number of methoxy groups -OCH3 is 1. The quantitative estimate of drug-likeness (QED) is 0.0771. The Balaban J connectivity index is 1.38. The van der Waals surface area contributed by atoms with Gasteiger partial charge >= 0.3 is 17.9 Å². The second kappa shape index (κ2) is 23.3. The molecule has 2 aliphatic heterocycles. The van der Waals surface area contributed by atoms with Crippen molar-refractivity contribution in [2.45, 2.75) is 109 Å². The zero-order valence-electron chi connectivity index (χ0n) is 34.8. The molecule has 4 aromatic carbocycles. The standard InChI is InChI=1S/C47H54O14/c1-31(48)53-30-39-41(43(57-32(2)49)44(46(51-4)59-39)56-28-37-23-15-8-16-24-37)61-47-45(58-33(3)50)42(55-27-36-21-13-7-14-22-36)40(54-26-35-19-11-6-12-20-35)38(60-47)29-52-25-34-17-9-5-10-18-34/h5-24,38-47H,25-30H2,1-4H3/t38-,39-,40+,41+,42+,43+,44-,45-,46-,47+/m1/s1. The molecule has 10 atom stereocenters. The van der Waals surface area contributed by atoms with Crippen molar-refractivity contribution >= 4 is 17.9 Å². The number of hydrogen-bond acceptors (Lipinski definition) is 14. The van der Waals surface area contributed by atoms with E-state index in [1.165, 1.54) is 27.9 Å². The van der Waals surface area contributed by atoms with Gasteiger partial charge in [0.05, 0.1) is 33.0 Å². The first-order chi connectivity index (χ1) is 29.7. The van der Waals surface area contributed by atoms with Crippen molar-refractivity contribution in [3.63, 3.8) is 0 Å². The molecule has 0 aromatic heterocycles. The van der Waals surface area contributed by atoms with Gasteiger partial charge in [-0.25, -0.2) is 0 Å². The van der Waals surface area contributed by atoms with Crippen molar-refractivity contribution < 1.29 is 66.5 Å². The highest BCUT2D eigenvalue weighted by molar-refractivity contribution is 5.67. The molecule has 2 fully saturated rings. The molecule has 4 aromatic rings. The molecule has 0 spiro atoms. The Kier molecular flexibility index (Phi) is 17.3. The molecule has 14 heteroatoms. The maximum Gasteiger partial charge on any atom is 0.303 e. The lowest BCUT2D eigenvalue weighted by Crippen LogP contribution is -2.66. The Morgan fingerprint density at radius 2 is 0.885 bits per heavy atom. The molecular weight excluding hydrogens is 789 g/mol. The van der Waals surface area contributed by atoms with Crippen LogP contribution in [0.25, 0.3) is 0 Å². The highest BCUT2D eigenvalue weighted by Crippen LogP contribution is 2.36. The molecule has 0 saturated carbocycles. The molecule has 0 bridgehead atoms. The summed E-state index contributed by atoms with van der Waals surface area (Å²) in [5, 5.41) is 0. The SMILES string of the molecule is CO[C@@H]1O[C@H](COC(C)=O)[C@H](O[C@@H]2O[C@H](COCc3ccccc3)[C@H](OCc3ccccc3)[C@H](OCc3ccccc3)[C@H]2OC(C)=O)[C@H](OC(C)=O)[C@H]1OCc1ccccc1. The maximum atomic E-state index is 13.0. The third kappa shape index (κ3) is 13.5. The van der Waals surface area contributed by atoms with Crippen molar-refractivity contribution in [2.24, 2.45) is 0 Å². The number of hydrogen-bond donors (Lipinski definition) is 0. The maximum absolute atomic E-state index is 13.0. The number of benzene rings is 4. The summed E-state index contributed by atoms with van der Waals surface area (Å²) in [7, 11) is 1.42. The number of ether oxygens (including phenoxy) is 11. The molecule has 0 N–H and O–H groups in total. The van der Waals surface area contributed by atoms with Gasteiger partial charge in [0.2, 0.25) is 0 Å². The van der Waals surface area contributed by atoms with Crippen molar-refractivity contribution in [2.75, 3.05) is 20.3 Å². The van der Waals surface area contributed by atoms with Crippen molar-refractivity contribution in [3.05, 3.63) is 144 Å². The Hall–Kier alpha value is -5.03. The van der Waals surface area contributed by atoms with E-state index in [-0.39, 0.29) is 39.6 Å². The minimum Gasteiger partial charge on any atom is -0.463 e. The fraction of sp³-hybridized carbons (Fsp3) is 0.426. The molecule has 2 aliphatic rings. The van der Waals surface area contributed by atoms with E-state index in [0.29, 0.717) is 0 Å². The lowest BCUT2D eigenvalue weighted by atomic mass is 9.95. The van der Waals surface area contributed by atoms with Crippen LogP contribution < -0.4 is 0 Å². The van der Waals surface area contributed by atoms with E-state index >= 15 is 0 Å². The smallest absolute Gasteiger partial charge is 0.303 e. The Bertz CT molecular complexity index is 1920. The summed E-state index contributed by atoms with van der Waals surface area (Å²) in [4.78, 5) is 38.1. The van der Waals surface area contributed by atoms with E-state index < -0.39 is 79.3 Å². The van der Waals surface area contributed by atoms with Crippen LogP contribution in [0.3, 0.4) is 0 Å². The second-order valence-corrected chi connectivity index (χ2v) is 14.7. The lowest BCUT2D eigenvalue weighted by Gasteiger charge is -2.49. The van der Waals surface area contributed by atoms with E-state index in [9.17, 15) is 14.4 Å². The first-order valence-corrected chi connectivity index (χ1v) is 20.2. The van der Waals surface area contributed by atoms with Crippen LogP contribution in [0.2, 0.25) is 0 Å². The summed E-state index contributed by atoms with van der Waals surface area (Å²) in [5.41, 5.74) is 3.52. The van der Waals surface area contributed by atoms with Crippen LogP contribution in [0.1, 0.15) is 43.0 Å². The largest absolute Gasteiger partial charge is 0.463 e.